The number of piperidine rings is 1. The van der Waals surface area contributed by atoms with Crippen molar-refractivity contribution in [3.05, 3.63) is 70.4 Å². The molecule has 2 atom stereocenters. The third-order valence-corrected chi connectivity index (χ3v) is 9.59. The number of imidazole rings is 1. The van der Waals surface area contributed by atoms with Gasteiger partial charge >= 0.3 is 0 Å². The van der Waals surface area contributed by atoms with Gasteiger partial charge in [-0.05, 0) is 75.9 Å². The Morgan fingerprint density at radius 2 is 2.03 bits per heavy atom. The lowest BCUT2D eigenvalue weighted by Gasteiger charge is -2.60. The van der Waals surface area contributed by atoms with Gasteiger partial charge in [-0.1, -0.05) is 12.1 Å². The van der Waals surface area contributed by atoms with E-state index in [9.17, 15) is 4.79 Å². The van der Waals surface area contributed by atoms with Gasteiger partial charge in [-0.3, -0.25) is 14.1 Å². The maximum Gasteiger partial charge on any atom is 0.194 e. The Labute approximate surface area is 221 Å². The number of hydrogen-bond donors (Lipinski definition) is 1. The maximum absolute atomic E-state index is 14.0. The molecule has 5 heterocycles. The first-order valence-electron chi connectivity index (χ1n) is 13.3. The molecule has 1 aliphatic carbocycles. The number of rotatable bonds is 5. The molecule has 37 heavy (non-hydrogen) atoms. The number of carbonyl (C=O) groups excluding carboxylic acids is 1. The maximum atomic E-state index is 14.0. The highest BCUT2D eigenvalue weighted by Gasteiger charge is 2.58. The quantitative estimate of drug-likeness (QED) is 0.429. The van der Waals surface area contributed by atoms with E-state index in [2.05, 4.69) is 55.9 Å². The number of aryl methyl sites for hydroxylation is 3. The van der Waals surface area contributed by atoms with Crippen molar-refractivity contribution < 1.29 is 4.79 Å². The summed E-state index contributed by atoms with van der Waals surface area (Å²) in [5.41, 5.74) is 6.85. The van der Waals surface area contributed by atoms with Crippen molar-refractivity contribution >= 4 is 22.1 Å². The lowest BCUT2D eigenvalue weighted by atomic mass is 9.63. The standard InChI is InChI=1S/C29H32N6OS/c1-18-11-24(32-17-31-18)21-3-5-23-20(12-21)4-6-25(23)35-16-29(7-9-30-10-8-29)27(35)26(36)13-22-15-34-14-19(2)37-28(34)33-22/h3,5,11-12,14-15,17,25,27,30H,4,6-10,13,16H2,1-2H3. The van der Waals surface area contributed by atoms with Gasteiger partial charge in [0.05, 0.1) is 23.9 Å². The molecule has 0 amide bonds. The summed E-state index contributed by atoms with van der Waals surface area (Å²) in [7, 11) is 0. The summed E-state index contributed by atoms with van der Waals surface area (Å²) in [6, 6.07) is 9.08. The van der Waals surface area contributed by atoms with Gasteiger partial charge in [-0.15, -0.1) is 11.3 Å². The molecule has 7 nitrogen and oxygen atoms in total. The van der Waals surface area contributed by atoms with Crippen LogP contribution in [0.4, 0.5) is 0 Å². The summed E-state index contributed by atoms with van der Waals surface area (Å²) >= 11 is 1.68. The van der Waals surface area contributed by atoms with Crippen molar-refractivity contribution in [2.75, 3.05) is 19.6 Å². The monoisotopic (exact) mass is 512 g/mol. The molecule has 0 radical (unpaired) electrons. The molecule has 1 spiro atoms. The zero-order chi connectivity index (χ0) is 25.1. The van der Waals surface area contributed by atoms with Crippen molar-refractivity contribution in [2.24, 2.45) is 5.41 Å². The van der Waals surface area contributed by atoms with Crippen LogP contribution in [-0.4, -0.2) is 55.7 Å². The summed E-state index contributed by atoms with van der Waals surface area (Å²) in [5, 5.41) is 3.51. The fourth-order valence-electron chi connectivity index (χ4n) is 6.98. The predicted octanol–water partition coefficient (Wildman–Crippen LogP) is 4.32. The zero-order valence-corrected chi connectivity index (χ0v) is 22.2. The lowest BCUT2D eigenvalue weighted by Crippen LogP contribution is -2.70. The van der Waals surface area contributed by atoms with Crippen molar-refractivity contribution in [3.63, 3.8) is 0 Å². The van der Waals surface area contributed by atoms with Crippen molar-refractivity contribution in [3.8, 4) is 11.3 Å². The van der Waals surface area contributed by atoms with Crippen LogP contribution in [-0.2, 0) is 17.6 Å². The number of benzene rings is 1. The molecule has 190 valence electrons. The minimum atomic E-state index is -0.0313. The number of Topliss-reactive ketones (excluding diaryl/α,β-unsaturated/α-hetero) is 1. The molecule has 2 fully saturated rings. The Bertz CT molecular complexity index is 1470. The summed E-state index contributed by atoms with van der Waals surface area (Å²) in [6.07, 6.45) is 10.4. The van der Waals surface area contributed by atoms with Crippen LogP contribution >= 0.6 is 11.3 Å². The molecule has 2 aliphatic heterocycles. The molecule has 4 aromatic rings. The van der Waals surface area contributed by atoms with E-state index < -0.39 is 0 Å². The van der Waals surface area contributed by atoms with Crippen LogP contribution in [0.25, 0.3) is 16.2 Å². The van der Waals surface area contributed by atoms with E-state index in [0.29, 0.717) is 18.2 Å². The van der Waals surface area contributed by atoms with Crippen LogP contribution in [0.15, 0.2) is 43.0 Å². The van der Waals surface area contributed by atoms with Crippen molar-refractivity contribution in [1.82, 2.24) is 29.6 Å². The number of nitrogens with zero attached hydrogens (tertiary/aromatic N) is 5. The molecule has 1 aromatic carbocycles. The Morgan fingerprint density at radius 3 is 2.84 bits per heavy atom. The highest BCUT2D eigenvalue weighted by Crippen LogP contribution is 2.52. The molecule has 2 unspecified atom stereocenters. The molecule has 1 N–H and O–H groups in total. The number of likely N-dealkylation sites (tertiary alicyclic amines) is 1. The Kier molecular flexibility index (Phi) is 5.53. The number of fused-ring (bicyclic) bond motifs is 2. The van der Waals surface area contributed by atoms with Crippen molar-refractivity contribution in [2.45, 2.75) is 58.0 Å². The lowest BCUT2D eigenvalue weighted by molar-refractivity contribution is -0.156. The molecular formula is C29H32N6OS. The van der Waals surface area contributed by atoms with E-state index in [4.69, 9.17) is 4.98 Å². The van der Waals surface area contributed by atoms with Gasteiger partial charge in [0, 0.05) is 46.5 Å². The normalized spacial score (nSPS) is 22.9. The average molecular weight is 513 g/mol. The van der Waals surface area contributed by atoms with E-state index in [-0.39, 0.29) is 11.5 Å². The summed E-state index contributed by atoms with van der Waals surface area (Å²) in [4.78, 5) is 32.2. The number of ketones is 1. The number of hydrogen-bond acceptors (Lipinski definition) is 7. The van der Waals surface area contributed by atoms with Gasteiger partial charge in [0.15, 0.2) is 10.7 Å². The summed E-state index contributed by atoms with van der Waals surface area (Å²) in [5.74, 6) is 0.331. The largest absolute Gasteiger partial charge is 0.317 e. The van der Waals surface area contributed by atoms with Crippen LogP contribution in [0.2, 0.25) is 0 Å². The van der Waals surface area contributed by atoms with E-state index in [1.165, 1.54) is 16.0 Å². The number of nitrogens with one attached hydrogen (secondary N) is 1. The van der Waals surface area contributed by atoms with Crippen molar-refractivity contribution in [1.29, 1.82) is 0 Å². The molecule has 3 aliphatic rings. The van der Waals surface area contributed by atoms with Gasteiger partial charge < -0.3 is 5.32 Å². The first-order valence-corrected chi connectivity index (χ1v) is 14.2. The minimum Gasteiger partial charge on any atom is -0.317 e. The Balaban J connectivity index is 1.16. The Hall–Kier alpha value is -2.94. The second kappa shape index (κ2) is 8.82. The van der Waals surface area contributed by atoms with Gasteiger partial charge in [-0.25, -0.2) is 15.0 Å². The smallest absolute Gasteiger partial charge is 0.194 e. The number of carbonyl (C=O) groups is 1. The second-order valence-electron chi connectivity index (χ2n) is 11.1. The van der Waals surface area contributed by atoms with E-state index in [0.717, 1.165) is 72.9 Å². The summed E-state index contributed by atoms with van der Waals surface area (Å²) in [6.45, 7) is 7.11. The first kappa shape index (κ1) is 23.2. The molecule has 7 rings (SSSR count). The van der Waals surface area contributed by atoms with Crippen LogP contribution in [0.5, 0.6) is 0 Å². The van der Waals surface area contributed by atoms with Gasteiger partial charge in [0.1, 0.15) is 6.33 Å². The topological polar surface area (TPSA) is 75.4 Å². The SMILES string of the molecule is Cc1cc(-c2ccc3c(c2)CCC3N2CC3(CCNCC3)C2C(=O)Cc2cn3cc(C)sc3n2)ncn1. The third kappa shape index (κ3) is 3.93. The van der Waals surface area contributed by atoms with E-state index >= 15 is 0 Å². The zero-order valence-electron chi connectivity index (χ0n) is 21.4. The van der Waals surface area contributed by atoms with Crippen LogP contribution in [0, 0.1) is 19.3 Å². The summed E-state index contributed by atoms with van der Waals surface area (Å²) < 4.78 is 2.06. The van der Waals surface area contributed by atoms with Crippen LogP contribution in [0.3, 0.4) is 0 Å². The van der Waals surface area contributed by atoms with Crippen LogP contribution < -0.4 is 5.32 Å². The van der Waals surface area contributed by atoms with Crippen LogP contribution in [0.1, 0.15) is 52.7 Å². The number of thiazole rings is 1. The fourth-order valence-corrected chi connectivity index (χ4v) is 7.81. The molecular weight excluding hydrogens is 480 g/mol. The molecule has 0 saturated carbocycles. The highest BCUT2D eigenvalue weighted by atomic mass is 32.1. The Morgan fingerprint density at radius 1 is 1.16 bits per heavy atom. The van der Waals surface area contributed by atoms with Gasteiger partial charge in [-0.2, -0.15) is 0 Å². The third-order valence-electron chi connectivity index (χ3n) is 8.68. The number of aromatic nitrogens is 4. The fraction of sp³-hybridized carbons (Fsp3) is 0.448. The highest BCUT2D eigenvalue weighted by molar-refractivity contribution is 7.16. The molecule has 2 saturated heterocycles. The molecule has 3 aromatic heterocycles. The van der Waals surface area contributed by atoms with Gasteiger partial charge in [0.25, 0.3) is 0 Å². The first-order chi connectivity index (χ1) is 18.0. The minimum absolute atomic E-state index is 0.0313. The van der Waals surface area contributed by atoms with E-state index in [1.54, 1.807) is 17.7 Å². The predicted molar refractivity (Wildman–Crippen MR) is 145 cm³/mol. The average Bonchev–Trinajstić information content (AvgIpc) is 3.55. The molecule has 8 heteroatoms. The van der Waals surface area contributed by atoms with E-state index in [1.807, 2.05) is 19.2 Å². The second-order valence-corrected chi connectivity index (χ2v) is 12.3. The van der Waals surface area contributed by atoms with Gasteiger partial charge in [0.2, 0.25) is 0 Å². The molecule has 0 bridgehead atoms.